The molecule has 0 fully saturated rings. The average molecular weight is 420 g/mol. The summed E-state index contributed by atoms with van der Waals surface area (Å²) in [4.78, 5) is 25.9. The number of aryl methyl sites for hydroxylation is 1. The number of hydrogen-bond donors (Lipinski definition) is 0. The maximum Gasteiger partial charge on any atom is 0.306 e. The first-order chi connectivity index (χ1) is 15.1. The lowest BCUT2D eigenvalue weighted by atomic mass is 10.2. The van der Waals surface area contributed by atoms with Gasteiger partial charge in [-0.3, -0.25) is 9.59 Å². The van der Waals surface area contributed by atoms with Crippen LogP contribution in [0.2, 0.25) is 0 Å². The van der Waals surface area contributed by atoms with E-state index in [-0.39, 0.29) is 19.4 Å². The van der Waals surface area contributed by atoms with Gasteiger partial charge in [0.2, 0.25) is 0 Å². The molecule has 0 aliphatic rings. The van der Waals surface area contributed by atoms with E-state index in [2.05, 4.69) is 0 Å². The van der Waals surface area contributed by atoms with Crippen LogP contribution in [0.25, 0.3) is 11.3 Å². The minimum Gasteiger partial charge on any atom is -0.461 e. The topological polar surface area (TPSA) is 83.5 Å². The first-order valence-electron chi connectivity index (χ1n) is 9.79. The number of benzene rings is 2. The fourth-order valence-corrected chi connectivity index (χ4v) is 2.97. The Hall–Kier alpha value is -3.92. The molecule has 0 bridgehead atoms. The molecule has 6 nitrogen and oxygen atoms in total. The minimum atomic E-state index is -0.537. The zero-order valence-corrected chi connectivity index (χ0v) is 16.8. The van der Waals surface area contributed by atoms with Crippen LogP contribution in [0, 0.1) is 17.1 Å². The van der Waals surface area contributed by atoms with Crippen molar-refractivity contribution in [2.24, 2.45) is 0 Å². The van der Waals surface area contributed by atoms with Crippen LogP contribution in [0.1, 0.15) is 18.6 Å². The van der Waals surface area contributed by atoms with Crippen LogP contribution in [0.3, 0.4) is 0 Å². The Balaban J connectivity index is 1.51. The molecule has 0 aliphatic carbocycles. The Morgan fingerprint density at radius 3 is 2.48 bits per heavy atom. The number of furan rings is 1. The Morgan fingerprint density at radius 1 is 1.03 bits per heavy atom. The van der Waals surface area contributed by atoms with Crippen LogP contribution in [0.4, 0.5) is 10.1 Å². The van der Waals surface area contributed by atoms with E-state index in [1.54, 1.807) is 6.07 Å². The molecule has 3 aromatic rings. The van der Waals surface area contributed by atoms with Gasteiger partial charge in [-0.05, 0) is 36.4 Å². The Labute approximate surface area is 179 Å². The standard InChI is InChI=1S/C24H21FN2O4/c25-19-7-9-20(10-8-19)27(16-4-15-26)23(28)17-30-24(29)14-12-21-11-13-22(31-21)18-5-2-1-3-6-18/h1-3,5-11,13H,4,12,14,16-17H2. The third kappa shape index (κ3) is 6.28. The van der Waals surface area contributed by atoms with Gasteiger partial charge in [-0.15, -0.1) is 0 Å². The second kappa shape index (κ2) is 10.7. The number of rotatable bonds is 9. The van der Waals surface area contributed by atoms with Gasteiger partial charge in [-0.25, -0.2) is 4.39 Å². The molecule has 7 heteroatoms. The third-order valence-corrected chi connectivity index (χ3v) is 4.54. The first kappa shape index (κ1) is 21.8. The van der Waals surface area contributed by atoms with Crippen LogP contribution < -0.4 is 4.90 Å². The lowest BCUT2D eigenvalue weighted by Gasteiger charge is -2.21. The summed E-state index contributed by atoms with van der Waals surface area (Å²) in [6.07, 6.45) is 0.499. The monoisotopic (exact) mass is 420 g/mol. The van der Waals surface area contributed by atoms with Crippen molar-refractivity contribution in [2.45, 2.75) is 19.3 Å². The van der Waals surface area contributed by atoms with Crippen molar-refractivity contribution in [2.75, 3.05) is 18.1 Å². The largest absolute Gasteiger partial charge is 0.461 e. The van der Waals surface area contributed by atoms with Gasteiger partial charge in [0.25, 0.3) is 5.91 Å². The summed E-state index contributed by atoms with van der Waals surface area (Å²) in [5, 5.41) is 8.82. The zero-order chi connectivity index (χ0) is 22.1. The maximum atomic E-state index is 13.1. The molecule has 0 aliphatic heterocycles. The molecule has 0 atom stereocenters. The summed E-state index contributed by atoms with van der Waals surface area (Å²) < 4.78 is 24.0. The van der Waals surface area contributed by atoms with E-state index in [1.165, 1.54) is 29.2 Å². The van der Waals surface area contributed by atoms with Gasteiger partial charge in [0.15, 0.2) is 6.61 Å². The van der Waals surface area contributed by atoms with Crippen molar-refractivity contribution in [3.05, 3.63) is 78.3 Å². The van der Waals surface area contributed by atoms with Crippen molar-refractivity contribution in [3.8, 4) is 17.4 Å². The highest BCUT2D eigenvalue weighted by molar-refractivity contribution is 5.95. The van der Waals surface area contributed by atoms with Crippen molar-refractivity contribution >= 4 is 17.6 Å². The number of halogens is 1. The molecule has 0 saturated heterocycles. The smallest absolute Gasteiger partial charge is 0.306 e. The number of nitriles is 1. The molecule has 0 unspecified atom stereocenters. The number of amides is 1. The lowest BCUT2D eigenvalue weighted by Crippen LogP contribution is -2.35. The summed E-state index contributed by atoms with van der Waals surface area (Å²) in [5.74, 6) is -0.100. The summed E-state index contributed by atoms with van der Waals surface area (Å²) in [6.45, 7) is -0.345. The Morgan fingerprint density at radius 2 is 1.77 bits per heavy atom. The minimum absolute atomic E-state index is 0.0593. The molecule has 3 rings (SSSR count). The van der Waals surface area contributed by atoms with Crippen molar-refractivity contribution in [3.63, 3.8) is 0 Å². The average Bonchev–Trinajstić information content (AvgIpc) is 3.27. The Kier molecular flexibility index (Phi) is 7.55. The highest BCUT2D eigenvalue weighted by Crippen LogP contribution is 2.22. The molecule has 0 saturated carbocycles. The molecule has 158 valence electrons. The predicted molar refractivity (Wildman–Crippen MR) is 112 cm³/mol. The van der Waals surface area contributed by atoms with Crippen LogP contribution in [0.15, 0.2) is 71.1 Å². The number of anilines is 1. The van der Waals surface area contributed by atoms with Crippen LogP contribution in [-0.4, -0.2) is 25.0 Å². The van der Waals surface area contributed by atoms with Gasteiger partial charge in [-0.2, -0.15) is 5.26 Å². The molecule has 0 N–H and O–H groups in total. The van der Waals surface area contributed by atoms with E-state index in [4.69, 9.17) is 14.4 Å². The molecule has 0 radical (unpaired) electrons. The van der Waals surface area contributed by atoms with Crippen molar-refractivity contribution < 1.29 is 23.1 Å². The van der Waals surface area contributed by atoms with E-state index in [0.717, 1.165) is 5.56 Å². The second-order valence-corrected chi connectivity index (χ2v) is 6.72. The highest BCUT2D eigenvalue weighted by atomic mass is 19.1. The van der Waals surface area contributed by atoms with Gasteiger partial charge in [0, 0.05) is 24.2 Å². The molecular weight excluding hydrogens is 399 g/mol. The quantitative estimate of drug-likeness (QED) is 0.476. The summed E-state index contributed by atoms with van der Waals surface area (Å²) in [5.41, 5.74) is 1.38. The van der Waals surface area contributed by atoms with Crippen molar-refractivity contribution in [1.82, 2.24) is 0 Å². The van der Waals surface area contributed by atoms with Crippen molar-refractivity contribution in [1.29, 1.82) is 5.26 Å². The maximum absolute atomic E-state index is 13.1. The molecule has 2 aromatic carbocycles. The number of hydrogen-bond acceptors (Lipinski definition) is 5. The fourth-order valence-electron chi connectivity index (χ4n) is 2.97. The molecule has 1 heterocycles. The van der Waals surface area contributed by atoms with Gasteiger partial charge in [-0.1, -0.05) is 30.3 Å². The van der Waals surface area contributed by atoms with Crippen LogP contribution in [0.5, 0.6) is 0 Å². The van der Waals surface area contributed by atoms with Gasteiger partial charge < -0.3 is 14.1 Å². The van der Waals surface area contributed by atoms with Gasteiger partial charge in [0.05, 0.1) is 18.9 Å². The lowest BCUT2D eigenvalue weighted by molar-refractivity contribution is -0.147. The number of carbonyl (C=O) groups excluding carboxylic acids is 2. The van der Waals surface area contributed by atoms with Crippen LogP contribution in [-0.2, 0) is 20.7 Å². The summed E-state index contributed by atoms with van der Waals surface area (Å²) in [7, 11) is 0. The van der Waals surface area contributed by atoms with E-state index < -0.39 is 24.3 Å². The number of carbonyl (C=O) groups is 2. The summed E-state index contributed by atoms with van der Waals surface area (Å²) >= 11 is 0. The predicted octanol–water partition coefficient (Wildman–Crippen LogP) is 4.51. The molecule has 31 heavy (non-hydrogen) atoms. The first-order valence-corrected chi connectivity index (χ1v) is 9.79. The number of ether oxygens (including phenoxy) is 1. The highest BCUT2D eigenvalue weighted by Gasteiger charge is 2.18. The van der Waals surface area contributed by atoms with E-state index in [1.807, 2.05) is 42.5 Å². The molecule has 1 amide bonds. The molecule has 1 aromatic heterocycles. The van der Waals surface area contributed by atoms with E-state index in [0.29, 0.717) is 23.6 Å². The van der Waals surface area contributed by atoms with Crippen LogP contribution >= 0.6 is 0 Å². The van der Waals surface area contributed by atoms with E-state index in [9.17, 15) is 14.0 Å². The SMILES string of the molecule is N#CCCN(C(=O)COC(=O)CCc1ccc(-c2ccccc2)o1)c1ccc(F)cc1. The molecular formula is C24H21FN2O4. The molecule has 0 spiro atoms. The zero-order valence-electron chi connectivity index (χ0n) is 16.8. The normalized spacial score (nSPS) is 10.3. The number of nitrogens with zero attached hydrogens (tertiary/aromatic N) is 2. The Bertz CT molecular complexity index is 1060. The third-order valence-electron chi connectivity index (χ3n) is 4.54. The van der Waals surface area contributed by atoms with E-state index >= 15 is 0 Å². The summed E-state index contributed by atoms with van der Waals surface area (Å²) in [6, 6.07) is 20.5. The van der Waals surface area contributed by atoms with Gasteiger partial charge in [0.1, 0.15) is 17.3 Å². The number of esters is 1. The second-order valence-electron chi connectivity index (χ2n) is 6.72. The fraction of sp³-hybridized carbons (Fsp3) is 0.208. The van der Waals surface area contributed by atoms with Gasteiger partial charge >= 0.3 is 5.97 Å².